The molecule has 0 bridgehead atoms. The second kappa shape index (κ2) is 9.67. The van der Waals surface area contributed by atoms with E-state index in [0.29, 0.717) is 12.4 Å². The largest absolute Gasteiger partial charge is 0.488 e. The van der Waals surface area contributed by atoms with Gasteiger partial charge in [0.15, 0.2) is 5.03 Å². The van der Waals surface area contributed by atoms with Gasteiger partial charge in [-0.25, -0.2) is 17.8 Å². The van der Waals surface area contributed by atoms with Crippen LogP contribution in [0.1, 0.15) is 17.3 Å². The van der Waals surface area contributed by atoms with Crippen LogP contribution in [0.25, 0.3) is 0 Å². The number of carbonyl (C=O) groups excluding carboxylic acids is 1. The van der Waals surface area contributed by atoms with E-state index in [-0.39, 0.29) is 27.3 Å². The fourth-order valence-electron chi connectivity index (χ4n) is 2.80. The SMILES string of the molecule is COCC(C)Oc1ccc(NC(=O)c2cccc(S(=O)(=O)c3ccccn3)c2)c(F)c1. The predicted octanol–water partition coefficient (Wildman–Crippen LogP) is 3.72. The highest BCUT2D eigenvalue weighted by molar-refractivity contribution is 7.91. The van der Waals surface area contributed by atoms with E-state index in [2.05, 4.69) is 10.3 Å². The Balaban J connectivity index is 1.78. The fraction of sp³-hybridized carbons (Fsp3) is 0.182. The average molecular weight is 444 g/mol. The minimum absolute atomic E-state index is 0.0604. The smallest absolute Gasteiger partial charge is 0.255 e. The van der Waals surface area contributed by atoms with Crippen LogP contribution in [-0.2, 0) is 14.6 Å². The summed E-state index contributed by atoms with van der Waals surface area (Å²) >= 11 is 0. The molecule has 0 aliphatic heterocycles. The number of rotatable bonds is 8. The van der Waals surface area contributed by atoms with Crippen LogP contribution < -0.4 is 10.1 Å². The van der Waals surface area contributed by atoms with Crippen LogP contribution in [0.4, 0.5) is 10.1 Å². The molecule has 9 heteroatoms. The summed E-state index contributed by atoms with van der Waals surface area (Å²) in [5, 5.41) is 2.32. The molecule has 0 aliphatic rings. The van der Waals surface area contributed by atoms with E-state index in [1.165, 1.54) is 55.8 Å². The number of methoxy groups -OCH3 is 1. The molecule has 0 saturated heterocycles. The van der Waals surface area contributed by atoms with Gasteiger partial charge in [0.25, 0.3) is 5.91 Å². The maximum Gasteiger partial charge on any atom is 0.255 e. The van der Waals surface area contributed by atoms with E-state index in [4.69, 9.17) is 9.47 Å². The van der Waals surface area contributed by atoms with Gasteiger partial charge in [0.05, 0.1) is 17.2 Å². The van der Waals surface area contributed by atoms with Gasteiger partial charge in [-0.1, -0.05) is 12.1 Å². The summed E-state index contributed by atoms with van der Waals surface area (Å²) in [5.41, 5.74) is 0.000167. The zero-order valence-electron chi connectivity index (χ0n) is 16.9. The average Bonchev–Trinajstić information content (AvgIpc) is 2.76. The first kappa shape index (κ1) is 22.4. The number of anilines is 1. The number of benzene rings is 2. The van der Waals surface area contributed by atoms with Gasteiger partial charge < -0.3 is 14.8 Å². The maximum atomic E-state index is 14.4. The van der Waals surface area contributed by atoms with Gasteiger partial charge in [0.1, 0.15) is 17.7 Å². The number of ether oxygens (including phenoxy) is 2. The van der Waals surface area contributed by atoms with E-state index in [9.17, 15) is 17.6 Å². The quantitative estimate of drug-likeness (QED) is 0.569. The molecule has 3 rings (SSSR count). The Bertz CT molecular complexity index is 1170. The van der Waals surface area contributed by atoms with Crippen molar-refractivity contribution in [2.45, 2.75) is 22.9 Å². The summed E-state index contributed by atoms with van der Waals surface area (Å²) < 4.78 is 50.4. The molecule has 7 nitrogen and oxygen atoms in total. The van der Waals surface area contributed by atoms with Crippen molar-refractivity contribution in [2.75, 3.05) is 19.0 Å². The summed E-state index contributed by atoms with van der Waals surface area (Å²) in [7, 11) is -2.35. The van der Waals surface area contributed by atoms with Crippen molar-refractivity contribution in [2.24, 2.45) is 0 Å². The molecule has 1 atom stereocenters. The first-order chi connectivity index (χ1) is 14.8. The maximum absolute atomic E-state index is 14.4. The van der Waals surface area contributed by atoms with Crippen molar-refractivity contribution in [1.29, 1.82) is 0 Å². The number of nitrogens with one attached hydrogen (secondary N) is 1. The van der Waals surface area contributed by atoms with Gasteiger partial charge in [-0.3, -0.25) is 4.79 Å². The normalized spacial score (nSPS) is 12.2. The lowest BCUT2D eigenvalue weighted by atomic mass is 10.2. The molecule has 0 spiro atoms. The Morgan fingerprint density at radius 1 is 1.13 bits per heavy atom. The van der Waals surface area contributed by atoms with E-state index in [1.807, 2.05) is 0 Å². The van der Waals surface area contributed by atoms with E-state index in [0.717, 1.165) is 6.07 Å². The third kappa shape index (κ3) is 5.44. The molecule has 1 aromatic heterocycles. The number of pyridine rings is 1. The molecule has 1 unspecified atom stereocenters. The van der Waals surface area contributed by atoms with Crippen molar-refractivity contribution in [3.63, 3.8) is 0 Å². The topological polar surface area (TPSA) is 94.6 Å². The van der Waals surface area contributed by atoms with Crippen molar-refractivity contribution < 1.29 is 27.1 Å². The lowest BCUT2D eigenvalue weighted by Gasteiger charge is -2.14. The number of hydrogen-bond acceptors (Lipinski definition) is 6. The molecule has 31 heavy (non-hydrogen) atoms. The van der Waals surface area contributed by atoms with E-state index < -0.39 is 21.6 Å². The number of carbonyl (C=O) groups is 1. The monoisotopic (exact) mass is 444 g/mol. The van der Waals surface area contributed by atoms with Crippen LogP contribution in [-0.4, -0.2) is 39.1 Å². The molecule has 1 heterocycles. The van der Waals surface area contributed by atoms with Crippen molar-refractivity contribution in [3.05, 3.63) is 78.2 Å². The van der Waals surface area contributed by atoms with Crippen molar-refractivity contribution in [3.8, 4) is 5.75 Å². The number of hydrogen-bond donors (Lipinski definition) is 1. The molecule has 0 saturated carbocycles. The number of aromatic nitrogens is 1. The van der Waals surface area contributed by atoms with E-state index in [1.54, 1.807) is 19.1 Å². The highest BCUT2D eigenvalue weighted by atomic mass is 32.2. The minimum atomic E-state index is -3.89. The third-order valence-corrected chi connectivity index (χ3v) is 5.91. The van der Waals surface area contributed by atoms with Gasteiger partial charge in [0, 0.05) is 24.9 Å². The van der Waals surface area contributed by atoms with Crippen LogP contribution in [0, 0.1) is 5.82 Å². The van der Waals surface area contributed by atoms with Crippen LogP contribution in [0.2, 0.25) is 0 Å². The molecule has 2 aromatic carbocycles. The van der Waals surface area contributed by atoms with Crippen LogP contribution in [0.15, 0.2) is 76.8 Å². The van der Waals surface area contributed by atoms with Crippen LogP contribution in [0.3, 0.4) is 0 Å². The zero-order valence-corrected chi connectivity index (χ0v) is 17.7. The van der Waals surface area contributed by atoms with Crippen molar-refractivity contribution in [1.82, 2.24) is 4.98 Å². The van der Waals surface area contributed by atoms with Crippen molar-refractivity contribution >= 4 is 21.4 Å². The predicted molar refractivity (Wildman–Crippen MR) is 112 cm³/mol. The first-order valence-electron chi connectivity index (χ1n) is 9.34. The van der Waals surface area contributed by atoms with E-state index >= 15 is 0 Å². The second-order valence-corrected chi connectivity index (χ2v) is 8.58. The van der Waals surface area contributed by atoms with Crippen LogP contribution in [0.5, 0.6) is 5.75 Å². The molecule has 0 fully saturated rings. The Labute approximate surface area is 179 Å². The van der Waals surface area contributed by atoms with Gasteiger partial charge in [-0.05, 0) is 49.4 Å². The third-order valence-electron chi connectivity index (χ3n) is 4.25. The molecule has 1 amide bonds. The molecule has 3 aromatic rings. The fourth-order valence-corrected chi connectivity index (χ4v) is 4.04. The standard InChI is InChI=1S/C22H21FN2O5S/c1-15(14-29-2)30-17-9-10-20(19(23)13-17)25-22(26)16-6-5-7-18(12-16)31(27,28)21-8-3-4-11-24-21/h3-13,15H,14H2,1-2H3,(H,25,26). The van der Waals surface area contributed by atoms with Gasteiger partial charge in [0.2, 0.25) is 9.84 Å². The minimum Gasteiger partial charge on any atom is -0.488 e. The summed E-state index contributed by atoms with van der Waals surface area (Å²) in [6.45, 7) is 2.13. The van der Waals surface area contributed by atoms with Gasteiger partial charge in [-0.15, -0.1) is 0 Å². The molecule has 0 aliphatic carbocycles. The van der Waals surface area contributed by atoms with Crippen LogP contribution >= 0.6 is 0 Å². The number of halogens is 1. The molecular weight excluding hydrogens is 423 g/mol. The summed E-state index contributed by atoms with van der Waals surface area (Å²) in [6.07, 6.45) is 1.10. The Morgan fingerprint density at radius 2 is 1.94 bits per heavy atom. The molecule has 0 radical (unpaired) electrons. The Kier molecular flexibility index (Phi) is 6.98. The lowest BCUT2D eigenvalue weighted by molar-refractivity contribution is 0.0918. The van der Waals surface area contributed by atoms with Gasteiger partial charge >= 0.3 is 0 Å². The molecular formula is C22H21FN2O5S. The highest BCUT2D eigenvalue weighted by Gasteiger charge is 2.20. The summed E-state index contributed by atoms with van der Waals surface area (Å²) in [4.78, 5) is 16.4. The highest BCUT2D eigenvalue weighted by Crippen LogP contribution is 2.24. The molecule has 1 N–H and O–H groups in total. The first-order valence-corrected chi connectivity index (χ1v) is 10.8. The number of nitrogens with zero attached hydrogens (tertiary/aromatic N) is 1. The Morgan fingerprint density at radius 3 is 2.61 bits per heavy atom. The summed E-state index contributed by atoms with van der Waals surface area (Å²) in [6, 6.07) is 14.1. The zero-order chi connectivity index (χ0) is 22.4. The number of amides is 1. The molecule has 162 valence electrons. The summed E-state index contributed by atoms with van der Waals surface area (Å²) in [5.74, 6) is -1.05. The number of sulfone groups is 1. The lowest BCUT2D eigenvalue weighted by Crippen LogP contribution is -2.18. The second-order valence-electron chi connectivity index (χ2n) is 6.68. The van der Waals surface area contributed by atoms with Gasteiger partial charge in [-0.2, -0.15) is 0 Å². The Hall–Kier alpha value is -3.30.